The Kier molecular flexibility index (Phi) is 5.56. The molecule has 0 saturated heterocycles. The van der Waals surface area contributed by atoms with Crippen LogP contribution in [0.2, 0.25) is 0 Å². The third kappa shape index (κ3) is 3.99. The molecule has 10 rings (SSSR count). The predicted molar refractivity (Wildman–Crippen MR) is 197 cm³/mol. The molecule has 0 amide bonds. The van der Waals surface area contributed by atoms with E-state index in [1.54, 1.807) is 0 Å². The SMILES string of the molecule is c1cc(-c2ccccc2)cc(-c2ccc3ccc4c(-c5ccc(-c6cccc7c6oc6ccccc67)cc5)ccc5ccc2c3c54)c#1. The first-order chi connectivity index (χ1) is 23.3. The van der Waals surface area contributed by atoms with E-state index in [9.17, 15) is 0 Å². The summed E-state index contributed by atoms with van der Waals surface area (Å²) < 4.78 is 6.34. The molecular weight excluding hydrogens is 569 g/mol. The number of para-hydroxylation sites is 2. The molecule has 216 valence electrons. The Bertz CT molecular complexity index is 2770. The van der Waals surface area contributed by atoms with Crippen LogP contribution in [0.15, 0.2) is 162 Å². The molecule has 0 unspecified atom stereocenters. The molecule has 0 atom stereocenters. The summed E-state index contributed by atoms with van der Waals surface area (Å²) in [7, 11) is 0. The van der Waals surface area contributed by atoms with E-state index in [2.05, 4.69) is 152 Å². The van der Waals surface area contributed by atoms with Gasteiger partial charge in [-0.25, -0.2) is 0 Å². The Morgan fingerprint density at radius 3 is 1.83 bits per heavy atom. The second kappa shape index (κ2) is 10.1. The fraction of sp³-hybridized carbons (Fsp3) is 0. The number of hydrogen-bond acceptors (Lipinski definition) is 1. The lowest BCUT2D eigenvalue weighted by Gasteiger charge is -2.16. The van der Waals surface area contributed by atoms with Gasteiger partial charge in [-0.05, 0) is 83.9 Å². The van der Waals surface area contributed by atoms with Crippen molar-refractivity contribution >= 4 is 54.3 Å². The summed E-state index contributed by atoms with van der Waals surface area (Å²) in [6.45, 7) is 0. The Morgan fingerprint density at radius 1 is 0.404 bits per heavy atom. The zero-order valence-electron chi connectivity index (χ0n) is 25.4. The van der Waals surface area contributed by atoms with E-state index in [-0.39, 0.29) is 0 Å². The van der Waals surface area contributed by atoms with Gasteiger partial charge in [-0.3, -0.25) is 0 Å². The molecule has 0 N–H and O–H groups in total. The predicted octanol–water partition coefficient (Wildman–Crippen LogP) is 12.8. The van der Waals surface area contributed by atoms with Gasteiger partial charge in [0.05, 0.1) is 0 Å². The standard InChI is InChI=1S/C46H26O/c1-2-8-29(9-3-1)34-10-6-11-35(28-34)37-25-21-33-22-26-40-36(24-20-32-23-27-41(37)45(33)44(32)40)30-16-18-31(19-17-30)38-13-7-14-42-39-12-4-5-15-43(39)47-46(38)42/h1-5,7-10,12-28H. The Hall–Kier alpha value is -6.36. The van der Waals surface area contributed by atoms with Gasteiger partial charge in [-0.1, -0.05) is 152 Å². The van der Waals surface area contributed by atoms with Crippen molar-refractivity contribution in [2.24, 2.45) is 0 Å². The average Bonchev–Trinajstić information content (AvgIpc) is 3.53. The molecule has 0 aliphatic heterocycles. The fourth-order valence-corrected chi connectivity index (χ4v) is 7.46. The Balaban J connectivity index is 1.11. The number of fused-ring (bicyclic) bond motifs is 3. The highest BCUT2D eigenvalue weighted by Gasteiger charge is 2.16. The normalized spacial score (nSPS) is 11.7. The van der Waals surface area contributed by atoms with Crippen LogP contribution in [-0.4, -0.2) is 0 Å². The maximum Gasteiger partial charge on any atom is 0.143 e. The van der Waals surface area contributed by atoms with E-state index in [0.717, 1.165) is 44.2 Å². The van der Waals surface area contributed by atoms with Gasteiger partial charge in [0.15, 0.2) is 0 Å². The quantitative estimate of drug-likeness (QED) is 0.185. The Labute approximate surface area is 272 Å². The largest absolute Gasteiger partial charge is 0.455 e. The van der Waals surface area contributed by atoms with Crippen molar-refractivity contribution in [2.45, 2.75) is 0 Å². The van der Waals surface area contributed by atoms with Crippen molar-refractivity contribution in [3.8, 4) is 44.5 Å². The molecule has 0 bridgehead atoms. The summed E-state index contributed by atoms with van der Waals surface area (Å²) in [4.78, 5) is 0. The second-order valence-electron chi connectivity index (χ2n) is 12.3. The first-order valence-corrected chi connectivity index (χ1v) is 16.0. The van der Waals surface area contributed by atoms with Gasteiger partial charge in [0.1, 0.15) is 11.2 Å². The van der Waals surface area contributed by atoms with E-state index in [1.165, 1.54) is 54.6 Å². The lowest BCUT2D eigenvalue weighted by atomic mass is 9.87. The van der Waals surface area contributed by atoms with Gasteiger partial charge in [0.2, 0.25) is 0 Å². The van der Waals surface area contributed by atoms with Crippen molar-refractivity contribution in [3.63, 3.8) is 0 Å². The second-order valence-corrected chi connectivity index (χ2v) is 12.3. The molecule has 1 heteroatoms. The molecule has 47 heavy (non-hydrogen) atoms. The van der Waals surface area contributed by atoms with Gasteiger partial charge < -0.3 is 4.42 Å². The zero-order chi connectivity index (χ0) is 30.9. The van der Waals surface area contributed by atoms with Crippen molar-refractivity contribution in [1.82, 2.24) is 0 Å². The minimum Gasteiger partial charge on any atom is -0.455 e. The summed E-state index contributed by atoms with van der Waals surface area (Å²) in [6.07, 6.45) is 0. The van der Waals surface area contributed by atoms with Crippen LogP contribution in [-0.2, 0) is 0 Å². The molecule has 0 saturated carbocycles. The van der Waals surface area contributed by atoms with Crippen LogP contribution >= 0.6 is 0 Å². The van der Waals surface area contributed by atoms with E-state index < -0.39 is 0 Å². The lowest BCUT2D eigenvalue weighted by Crippen LogP contribution is -1.89. The van der Waals surface area contributed by atoms with Crippen LogP contribution in [0, 0.1) is 12.1 Å². The fourth-order valence-electron chi connectivity index (χ4n) is 7.46. The lowest BCUT2D eigenvalue weighted by molar-refractivity contribution is 0.670. The van der Waals surface area contributed by atoms with Gasteiger partial charge in [-0.15, -0.1) is 0 Å². The van der Waals surface area contributed by atoms with E-state index in [4.69, 9.17) is 4.42 Å². The molecule has 0 radical (unpaired) electrons. The summed E-state index contributed by atoms with van der Waals surface area (Å²) in [5.74, 6) is 0. The van der Waals surface area contributed by atoms with Crippen LogP contribution in [0.5, 0.6) is 0 Å². The molecule has 9 aromatic carbocycles. The molecule has 1 heterocycles. The summed E-state index contributed by atoms with van der Waals surface area (Å²) in [5.41, 5.74) is 11.1. The highest BCUT2D eigenvalue weighted by Crippen LogP contribution is 2.43. The van der Waals surface area contributed by atoms with E-state index >= 15 is 0 Å². The van der Waals surface area contributed by atoms with Crippen LogP contribution < -0.4 is 0 Å². The van der Waals surface area contributed by atoms with Gasteiger partial charge >= 0.3 is 0 Å². The molecule has 10 aromatic rings. The molecule has 1 aromatic heterocycles. The minimum absolute atomic E-state index is 0.920. The number of hydrogen-bond donors (Lipinski definition) is 0. The first-order valence-electron chi connectivity index (χ1n) is 16.0. The monoisotopic (exact) mass is 594 g/mol. The summed E-state index contributed by atoms with van der Waals surface area (Å²) >= 11 is 0. The maximum atomic E-state index is 6.34. The van der Waals surface area contributed by atoms with Gasteiger partial charge in [-0.2, -0.15) is 0 Å². The molecular formula is C46H26O. The average molecular weight is 595 g/mol. The van der Waals surface area contributed by atoms with Crippen LogP contribution in [0.3, 0.4) is 0 Å². The third-order valence-electron chi connectivity index (χ3n) is 9.71. The summed E-state index contributed by atoms with van der Waals surface area (Å²) in [5, 5.41) is 9.90. The summed E-state index contributed by atoms with van der Waals surface area (Å²) in [6, 6.07) is 63.2. The van der Waals surface area contributed by atoms with Crippen molar-refractivity contribution in [2.75, 3.05) is 0 Å². The first kappa shape index (κ1) is 25.9. The molecule has 0 aliphatic rings. The Morgan fingerprint density at radius 2 is 1.04 bits per heavy atom. The smallest absolute Gasteiger partial charge is 0.143 e. The molecule has 0 fully saturated rings. The van der Waals surface area contributed by atoms with Crippen molar-refractivity contribution in [1.29, 1.82) is 0 Å². The number of furan rings is 1. The number of benzene rings is 8. The molecule has 0 spiro atoms. The topological polar surface area (TPSA) is 13.1 Å². The zero-order valence-corrected chi connectivity index (χ0v) is 25.4. The number of rotatable bonds is 4. The van der Waals surface area contributed by atoms with Crippen molar-refractivity contribution < 1.29 is 4.42 Å². The van der Waals surface area contributed by atoms with E-state index in [1.807, 2.05) is 18.2 Å². The van der Waals surface area contributed by atoms with Crippen LogP contribution in [0.1, 0.15) is 0 Å². The highest BCUT2D eigenvalue weighted by atomic mass is 16.3. The third-order valence-corrected chi connectivity index (χ3v) is 9.71. The van der Waals surface area contributed by atoms with Gasteiger partial charge in [0.25, 0.3) is 0 Å². The van der Waals surface area contributed by atoms with Crippen LogP contribution in [0.25, 0.3) is 98.8 Å². The van der Waals surface area contributed by atoms with E-state index in [0.29, 0.717) is 0 Å². The van der Waals surface area contributed by atoms with Crippen LogP contribution in [0.4, 0.5) is 0 Å². The molecule has 0 aliphatic carbocycles. The van der Waals surface area contributed by atoms with Crippen molar-refractivity contribution in [3.05, 3.63) is 170 Å². The minimum atomic E-state index is 0.920. The van der Waals surface area contributed by atoms with Gasteiger partial charge in [0, 0.05) is 21.9 Å². The molecule has 1 nitrogen and oxygen atoms in total. The maximum absolute atomic E-state index is 6.34. The highest BCUT2D eigenvalue weighted by molar-refractivity contribution is 6.27.